The minimum absolute atomic E-state index is 0.0462. The third-order valence-electron chi connectivity index (χ3n) is 3.46. The zero-order chi connectivity index (χ0) is 13.3. The highest BCUT2D eigenvalue weighted by Gasteiger charge is 2.25. The van der Waals surface area contributed by atoms with Crippen molar-refractivity contribution < 1.29 is 0 Å². The van der Waals surface area contributed by atoms with E-state index in [2.05, 4.69) is 53.3 Å². The fraction of sp³-hybridized carbons (Fsp3) is 0.692. The Morgan fingerprint density at radius 1 is 1.28 bits per heavy atom. The monoisotopic (exact) mass is 249 g/mol. The summed E-state index contributed by atoms with van der Waals surface area (Å²) >= 11 is 0. The molecule has 5 nitrogen and oxygen atoms in total. The first-order valence-electron chi connectivity index (χ1n) is 6.45. The lowest BCUT2D eigenvalue weighted by Gasteiger charge is -2.35. The third kappa shape index (κ3) is 2.41. The van der Waals surface area contributed by atoms with Crippen LogP contribution < -0.4 is 15.5 Å². The summed E-state index contributed by atoms with van der Waals surface area (Å²) in [5, 5.41) is 6.45. The first-order valence-corrected chi connectivity index (χ1v) is 6.45. The largest absolute Gasteiger partial charge is 0.357 e. The van der Waals surface area contributed by atoms with Gasteiger partial charge in [0.05, 0.1) is 5.69 Å². The molecule has 0 amide bonds. The molecule has 5 heteroatoms. The van der Waals surface area contributed by atoms with E-state index in [1.165, 1.54) is 11.3 Å². The molecule has 0 radical (unpaired) electrons. The number of hydrogen-bond donors (Lipinski definition) is 2. The molecule has 2 N–H and O–H groups in total. The summed E-state index contributed by atoms with van der Waals surface area (Å²) in [6.45, 7) is 8.42. The fourth-order valence-electron chi connectivity index (χ4n) is 2.03. The summed E-state index contributed by atoms with van der Waals surface area (Å²) in [4.78, 5) is 11.4. The maximum absolute atomic E-state index is 4.63. The summed E-state index contributed by atoms with van der Waals surface area (Å²) in [7, 11) is 3.96. The highest BCUT2D eigenvalue weighted by molar-refractivity contribution is 5.54. The van der Waals surface area contributed by atoms with E-state index in [4.69, 9.17) is 0 Å². The second-order valence-electron chi connectivity index (χ2n) is 5.70. The standard InChI is InChI=1S/C13H23N5/c1-13(2,3)18(5)11-9-8-15-7-6-10(9)16-12(14-4)17-11/h15H,6-8H2,1-5H3,(H,14,16,17). The van der Waals surface area contributed by atoms with Crippen molar-refractivity contribution >= 4 is 11.8 Å². The van der Waals surface area contributed by atoms with E-state index in [9.17, 15) is 0 Å². The molecule has 0 atom stereocenters. The lowest BCUT2D eigenvalue weighted by atomic mass is 10.0. The molecule has 100 valence electrons. The Kier molecular flexibility index (Phi) is 3.43. The molecule has 0 fully saturated rings. The van der Waals surface area contributed by atoms with E-state index >= 15 is 0 Å². The Balaban J connectivity index is 2.50. The number of anilines is 2. The van der Waals surface area contributed by atoms with Crippen molar-refractivity contribution in [3.05, 3.63) is 11.3 Å². The lowest BCUT2D eigenvalue weighted by molar-refractivity contribution is 0.526. The maximum atomic E-state index is 4.63. The predicted octanol–water partition coefficient (Wildman–Crippen LogP) is 1.40. The molecule has 1 aromatic heterocycles. The van der Waals surface area contributed by atoms with E-state index in [1.807, 2.05) is 7.05 Å². The van der Waals surface area contributed by atoms with Crippen molar-refractivity contribution in [2.24, 2.45) is 0 Å². The van der Waals surface area contributed by atoms with Crippen LogP contribution in [0.15, 0.2) is 0 Å². The summed E-state index contributed by atoms with van der Waals surface area (Å²) in [6.07, 6.45) is 0.970. The minimum Gasteiger partial charge on any atom is -0.357 e. The van der Waals surface area contributed by atoms with Gasteiger partial charge in [-0.25, -0.2) is 4.98 Å². The third-order valence-corrected chi connectivity index (χ3v) is 3.46. The number of nitrogens with zero attached hydrogens (tertiary/aromatic N) is 3. The second-order valence-corrected chi connectivity index (χ2v) is 5.70. The maximum Gasteiger partial charge on any atom is 0.224 e. The van der Waals surface area contributed by atoms with Crippen molar-refractivity contribution in [2.45, 2.75) is 39.3 Å². The van der Waals surface area contributed by atoms with Crippen LogP contribution in [-0.4, -0.2) is 36.1 Å². The van der Waals surface area contributed by atoms with Crippen molar-refractivity contribution in [3.8, 4) is 0 Å². The van der Waals surface area contributed by atoms with Crippen molar-refractivity contribution in [2.75, 3.05) is 30.9 Å². The van der Waals surface area contributed by atoms with Crippen LogP contribution in [0.1, 0.15) is 32.0 Å². The molecular weight excluding hydrogens is 226 g/mol. The highest BCUT2D eigenvalue weighted by atomic mass is 15.3. The van der Waals surface area contributed by atoms with Gasteiger partial charge in [0.15, 0.2) is 0 Å². The number of nitrogens with one attached hydrogen (secondary N) is 2. The molecule has 0 saturated carbocycles. The van der Waals surface area contributed by atoms with E-state index in [-0.39, 0.29) is 5.54 Å². The number of fused-ring (bicyclic) bond motifs is 1. The molecule has 1 aliphatic rings. The van der Waals surface area contributed by atoms with Gasteiger partial charge in [-0.05, 0) is 20.8 Å². The number of rotatable bonds is 2. The quantitative estimate of drug-likeness (QED) is 0.830. The predicted molar refractivity (Wildman–Crippen MR) is 75.1 cm³/mol. The van der Waals surface area contributed by atoms with Gasteiger partial charge in [0.1, 0.15) is 5.82 Å². The van der Waals surface area contributed by atoms with Gasteiger partial charge < -0.3 is 15.5 Å². The molecule has 0 spiro atoms. The van der Waals surface area contributed by atoms with Crippen LogP contribution >= 0.6 is 0 Å². The summed E-state index contributed by atoms with van der Waals surface area (Å²) < 4.78 is 0. The Hall–Kier alpha value is -1.36. The normalized spacial score (nSPS) is 15.2. The van der Waals surface area contributed by atoms with Gasteiger partial charge in [-0.3, -0.25) is 0 Å². The Morgan fingerprint density at radius 3 is 2.61 bits per heavy atom. The Bertz CT molecular complexity index is 436. The van der Waals surface area contributed by atoms with Gasteiger partial charge in [0, 0.05) is 44.7 Å². The first-order chi connectivity index (χ1) is 8.43. The molecule has 2 heterocycles. The van der Waals surface area contributed by atoms with Gasteiger partial charge in [0.25, 0.3) is 0 Å². The van der Waals surface area contributed by atoms with E-state index < -0.39 is 0 Å². The van der Waals surface area contributed by atoms with Gasteiger partial charge in [-0.2, -0.15) is 4.98 Å². The average molecular weight is 249 g/mol. The van der Waals surface area contributed by atoms with Gasteiger partial charge in [0.2, 0.25) is 5.95 Å². The molecule has 0 saturated heterocycles. The van der Waals surface area contributed by atoms with Crippen LogP contribution in [0.5, 0.6) is 0 Å². The number of aromatic nitrogens is 2. The zero-order valence-corrected chi connectivity index (χ0v) is 12.0. The minimum atomic E-state index is 0.0462. The highest BCUT2D eigenvalue weighted by Crippen LogP contribution is 2.28. The Morgan fingerprint density at radius 2 is 2.00 bits per heavy atom. The van der Waals surface area contributed by atoms with Crippen LogP contribution in [-0.2, 0) is 13.0 Å². The van der Waals surface area contributed by atoms with E-state index in [0.717, 1.165) is 25.3 Å². The molecule has 2 rings (SSSR count). The lowest BCUT2D eigenvalue weighted by Crippen LogP contribution is -2.40. The van der Waals surface area contributed by atoms with Crippen LogP contribution in [0, 0.1) is 0 Å². The summed E-state index contributed by atoms with van der Waals surface area (Å²) in [6, 6.07) is 0. The smallest absolute Gasteiger partial charge is 0.224 e. The molecule has 1 aromatic rings. The zero-order valence-electron chi connectivity index (χ0n) is 12.0. The average Bonchev–Trinajstić information content (AvgIpc) is 2.35. The Labute approximate surface area is 109 Å². The molecule has 0 aliphatic carbocycles. The van der Waals surface area contributed by atoms with Gasteiger partial charge in [-0.15, -0.1) is 0 Å². The SMILES string of the molecule is CNc1nc2c(c(N(C)C(C)(C)C)n1)CNCC2. The first kappa shape index (κ1) is 13.1. The molecule has 0 bridgehead atoms. The van der Waals surface area contributed by atoms with Crippen molar-refractivity contribution in [1.29, 1.82) is 0 Å². The van der Waals surface area contributed by atoms with Gasteiger partial charge >= 0.3 is 0 Å². The summed E-state index contributed by atoms with van der Waals surface area (Å²) in [5.41, 5.74) is 2.45. The second kappa shape index (κ2) is 4.72. The fourth-order valence-corrected chi connectivity index (χ4v) is 2.03. The van der Waals surface area contributed by atoms with Crippen molar-refractivity contribution in [1.82, 2.24) is 15.3 Å². The van der Waals surface area contributed by atoms with E-state index in [1.54, 1.807) is 0 Å². The summed E-state index contributed by atoms with van der Waals surface area (Å²) in [5.74, 6) is 1.74. The molecular formula is C13H23N5. The molecule has 18 heavy (non-hydrogen) atoms. The molecule has 1 aliphatic heterocycles. The van der Waals surface area contributed by atoms with Crippen LogP contribution in [0.25, 0.3) is 0 Å². The molecule has 0 unspecified atom stereocenters. The van der Waals surface area contributed by atoms with Gasteiger partial charge in [-0.1, -0.05) is 0 Å². The van der Waals surface area contributed by atoms with E-state index in [0.29, 0.717) is 5.95 Å². The molecule has 0 aromatic carbocycles. The van der Waals surface area contributed by atoms with Crippen LogP contribution in [0.2, 0.25) is 0 Å². The van der Waals surface area contributed by atoms with Crippen LogP contribution in [0.3, 0.4) is 0 Å². The topological polar surface area (TPSA) is 53.1 Å². The van der Waals surface area contributed by atoms with Crippen LogP contribution in [0.4, 0.5) is 11.8 Å². The number of hydrogen-bond acceptors (Lipinski definition) is 5. The van der Waals surface area contributed by atoms with Crippen molar-refractivity contribution in [3.63, 3.8) is 0 Å².